The van der Waals surface area contributed by atoms with Crippen LogP contribution in [0.5, 0.6) is 0 Å². The van der Waals surface area contributed by atoms with Crippen LogP contribution in [0.3, 0.4) is 0 Å². The van der Waals surface area contributed by atoms with Crippen molar-refractivity contribution in [2.45, 2.75) is 32.7 Å². The highest BCUT2D eigenvalue weighted by molar-refractivity contribution is 7.89. The number of nitrogens with one attached hydrogen (secondary N) is 1. The zero-order valence-corrected chi connectivity index (χ0v) is 11.7. The summed E-state index contributed by atoms with van der Waals surface area (Å²) in [5.41, 5.74) is 0. The number of amides is 1. The van der Waals surface area contributed by atoms with Gasteiger partial charge in [0, 0.05) is 19.5 Å². The monoisotopic (exact) mass is 280 g/mol. The van der Waals surface area contributed by atoms with Gasteiger partial charge in [0.25, 0.3) is 0 Å². The second-order valence-corrected chi connectivity index (χ2v) is 6.49. The number of nitrogens with zero attached hydrogens (tertiary/aromatic N) is 1. The molecule has 0 aliphatic rings. The average Bonchev–Trinajstić information content (AvgIpc) is 2.14. The van der Waals surface area contributed by atoms with E-state index in [1.165, 1.54) is 7.05 Å². The van der Waals surface area contributed by atoms with E-state index in [1.54, 1.807) is 13.8 Å². The third-order valence-electron chi connectivity index (χ3n) is 2.08. The molecular formula is C10H20N2O5S. The summed E-state index contributed by atoms with van der Waals surface area (Å²) in [7, 11) is -2.28. The predicted molar refractivity (Wildman–Crippen MR) is 66.6 cm³/mol. The number of rotatable bonds is 8. The van der Waals surface area contributed by atoms with Crippen LogP contribution in [0.15, 0.2) is 0 Å². The van der Waals surface area contributed by atoms with Crippen molar-refractivity contribution in [3.8, 4) is 0 Å². The van der Waals surface area contributed by atoms with Crippen molar-refractivity contribution in [2.24, 2.45) is 0 Å². The van der Waals surface area contributed by atoms with E-state index in [0.29, 0.717) is 0 Å². The van der Waals surface area contributed by atoms with Crippen LogP contribution in [-0.2, 0) is 19.6 Å². The van der Waals surface area contributed by atoms with Gasteiger partial charge in [0.2, 0.25) is 15.9 Å². The van der Waals surface area contributed by atoms with Gasteiger partial charge >= 0.3 is 5.97 Å². The Morgan fingerprint density at radius 3 is 2.33 bits per heavy atom. The summed E-state index contributed by atoms with van der Waals surface area (Å²) in [5.74, 6) is -1.69. The van der Waals surface area contributed by atoms with Gasteiger partial charge in [-0.05, 0) is 20.3 Å². The molecule has 7 nitrogen and oxygen atoms in total. The molecule has 0 aliphatic carbocycles. The van der Waals surface area contributed by atoms with E-state index in [4.69, 9.17) is 5.11 Å². The molecule has 8 heteroatoms. The Morgan fingerprint density at radius 1 is 1.33 bits per heavy atom. The van der Waals surface area contributed by atoms with Crippen molar-refractivity contribution in [1.29, 1.82) is 0 Å². The van der Waals surface area contributed by atoms with E-state index in [9.17, 15) is 18.0 Å². The van der Waals surface area contributed by atoms with E-state index in [1.807, 2.05) is 0 Å². The van der Waals surface area contributed by atoms with Gasteiger partial charge in [0.05, 0.1) is 12.3 Å². The molecule has 1 amide bonds. The zero-order valence-electron chi connectivity index (χ0n) is 10.8. The summed E-state index contributed by atoms with van der Waals surface area (Å²) in [5, 5.41) is 11.0. The minimum Gasteiger partial charge on any atom is -0.481 e. The lowest BCUT2D eigenvalue weighted by Gasteiger charge is -2.17. The van der Waals surface area contributed by atoms with Gasteiger partial charge in [0.15, 0.2) is 0 Å². The van der Waals surface area contributed by atoms with Gasteiger partial charge in [-0.1, -0.05) is 0 Å². The van der Waals surface area contributed by atoms with Crippen molar-refractivity contribution in [1.82, 2.24) is 9.62 Å². The molecule has 0 bridgehead atoms. The fourth-order valence-electron chi connectivity index (χ4n) is 1.23. The maximum Gasteiger partial charge on any atom is 0.303 e. The lowest BCUT2D eigenvalue weighted by atomic mass is 10.3. The Morgan fingerprint density at radius 2 is 1.89 bits per heavy atom. The highest BCUT2D eigenvalue weighted by Gasteiger charge is 2.20. The largest absolute Gasteiger partial charge is 0.481 e. The number of likely N-dealkylation sites (N-methyl/N-ethyl adjacent to an activating group) is 1. The van der Waals surface area contributed by atoms with Crippen LogP contribution < -0.4 is 5.32 Å². The van der Waals surface area contributed by atoms with E-state index in [-0.39, 0.29) is 37.1 Å². The molecule has 0 saturated heterocycles. The minimum absolute atomic E-state index is 0.0355. The zero-order chi connectivity index (χ0) is 14.3. The fourth-order valence-corrected chi connectivity index (χ4v) is 2.36. The summed E-state index contributed by atoms with van der Waals surface area (Å²) in [6, 6.07) is -0.0550. The normalized spacial score (nSPS) is 11.8. The highest BCUT2D eigenvalue weighted by Crippen LogP contribution is 2.02. The number of carbonyl (C=O) groups excluding carboxylic acids is 1. The summed E-state index contributed by atoms with van der Waals surface area (Å²) in [6.07, 6.45) is -0.168. The number of carboxylic acids is 1. The van der Waals surface area contributed by atoms with Crippen LogP contribution in [0, 0.1) is 0 Å². The van der Waals surface area contributed by atoms with Crippen LogP contribution >= 0.6 is 0 Å². The van der Waals surface area contributed by atoms with Crippen molar-refractivity contribution < 1.29 is 23.1 Å². The van der Waals surface area contributed by atoms with Crippen LogP contribution in [-0.4, -0.2) is 55.1 Å². The minimum atomic E-state index is -3.58. The van der Waals surface area contributed by atoms with Gasteiger partial charge in [0.1, 0.15) is 0 Å². The van der Waals surface area contributed by atoms with Crippen LogP contribution in [0.2, 0.25) is 0 Å². The summed E-state index contributed by atoms with van der Waals surface area (Å²) in [6.45, 7) is 3.30. The molecule has 0 aromatic heterocycles. The fraction of sp³-hybridized carbons (Fsp3) is 0.800. The third-order valence-corrected chi connectivity index (χ3v) is 3.97. The molecule has 18 heavy (non-hydrogen) atoms. The highest BCUT2D eigenvalue weighted by atomic mass is 32.2. The summed E-state index contributed by atoms with van der Waals surface area (Å²) < 4.78 is 24.3. The molecule has 2 N–H and O–H groups in total. The van der Waals surface area contributed by atoms with Crippen molar-refractivity contribution >= 4 is 21.9 Å². The summed E-state index contributed by atoms with van der Waals surface area (Å²) >= 11 is 0. The number of carboxylic acid groups (broad SMARTS) is 1. The van der Waals surface area contributed by atoms with Gasteiger partial charge in [-0.25, -0.2) is 8.42 Å². The van der Waals surface area contributed by atoms with Crippen molar-refractivity contribution in [3.05, 3.63) is 0 Å². The first-order valence-corrected chi connectivity index (χ1v) is 7.21. The van der Waals surface area contributed by atoms with Crippen LogP contribution in [0.1, 0.15) is 26.7 Å². The second kappa shape index (κ2) is 7.32. The van der Waals surface area contributed by atoms with Gasteiger partial charge in [-0.3, -0.25) is 9.59 Å². The standard InChI is InChI=1S/C10H20N2O5S/c1-8(2)11-9(13)7-12(3)18(16,17)6-4-5-10(14)15/h8H,4-7H2,1-3H3,(H,11,13)(H,14,15). The first-order chi connectivity index (χ1) is 8.15. The SMILES string of the molecule is CC(C)NC(=O)CN(C)S(=O)(=O)CCCC(=O)O. The number of sulfonamides is 1. The van der Waals surface area contributed by atoms with Crippen LogP contribution in [0.4, 0.5) is 0 Å². The Kier molecular flexibility index (Phi) is 6.85. The van der Waals surface area contributed by atoms with E-state index < -0.39 is 16.0 Å². The van der Waals surface area contributed by atoms with Crippen molar-refractivity contribution in [3.63, 3.8) is 0 Å². The number of carbonyl (C=O) groups is 2. The first kappa shape index (κ1) is 16.9. The molecule has 0 atom stereocenters. The van der Waals surface area contributed by atoms with Crippen molar-refractivity contribution in [2.75, 3.05) is 19.3 Å². The Balaban J connectivity index is 4.26. The summed E-state index contributed by atoms with van der Waals surface area (Å²) in [4.78, 5) is 21.7. The quantitative estimate of drug-likeness (QED) is 0.631. The maximum atomic E-state index is 11.7. The molecule has 0 fully saturated rings. The lowest BCUT2D eigenvalue weighted by molar-refractivity contribution is -0.137. The molecule has 0 aromatic rings. The molecule has 106 valence electrons. The number of hydrogen-bond donors (Lipinski definition) is 2. The Hall–Kier alpha value is -1.15. The number of hydrogen-bond acceptors (Lipinski definition) is 4. The molecule has 0 saturated carbocycles. The Bertz CT molecular complexity index is 391. The van der Waals surface area contributed by atoms with E-state index in [0.717, 1.165) is 4.31 Å². The van der Waals surface area contributed by atoms with Crippen LogP contribution in [0.25, 0.3) is 0 Å². The topological polar surface area (TPSA) is 104 Å². The molecule has 0 radical (unpaired) electrons. The van der Waals surface area contributed by atoms with Gasteiger partial charge in [-0.2, -0.15) is 4.31 Å². The molecule has 0 aromatic carbocycles. The van der Waals surface area contributed by atoms with E-state index >= 15 is 0 Å². The molecule has 0 heterocycles. The molecule has 0 aliphatic heterocycles. The first-order valence-electron chi connectivity index (χ1n) is 5.60. The van der Waals surface area contributed by atoms with E-state index in [2.05, 4.69) is 5.32 Å². The molecular weight excluding hydrogens is 260 g/mol. The third kappa shape index (κ3) is 7.23. The van der Waals surface area contributed by atoms with Gasteiger partial charge < -0.3 is 10.4 Å². The number of aliphatic carboxylic acids is 1. The maximum absolute atomic E-state index is 11.7. The van der Waals surface area contributed by atoms with Gasteiger partial charge in [-0.15, -0.1) is 0 Å². The average molecular weight is 280 g/mol. The predicted octanol–water partition coefficient (Wildman–Crippen LogP) is -0.363. The Labute approximate surface area is 107 Å². The molecule has 0 rings (SSSR count). The second-order valence-electron chi connectivity index (χ2n) is 4.29. The molecule has 0 spiro atoms. The smallest absolute Gasteiger partial charge is 0.303 e. The molecule has 0 unspecified atom stereocenters. The lowest BCUT2D eigenvalue weighted by Crippen LogP contribution is -2.41.